The molecule has 2 rings (SSSR count). The van der Waals surface area contributed by atoms with E-state index >= 15 is 0 Å². The number of rotatable bonds is 5. The molecule has 0 aliphatic heterocycles. The van der Waals surface area contributed by atoms with E-state index < -0.39 is 5.60 Å². The molecule has 0 aromatic heterocycles. The molecule has 0 saturated heterocycles. The second-order valence-corrected chi connectivity index (χ2v) is 4.87. The first-order valence-electron chi connectivity index (χ1n) is 6.06. The predicted molar refractivity (Wildman–Crippen MR) is 66.1 cm³/mol. The van der Waals surface area contributed by atoms with Crippen molar-refractivity contribution in [1.29, 1.82) is 0 Å². The van der Waals surface area contributed by atoms with Crippen LogP contribution in [0.3, 0.4) is 0 Å². The standard InChI is InChI=1S/C14H20O3/c1-10(16-3)14(2,15)11-5-4-6-13(9-11)17-12-7-8-12/h4-6,9-10,12,15H,7-8H2,1-3H3. The van der Waals surface area contributed by atoms with Crippen molar-refractivity contribution in [1.82, 2.24) is 0 Å². The van der Waals surface area contributed by atoms with Gasteiger partial charge in [-0.2, -0.15) is 0 Å². The van der Waals surface area contributed by atoms with Crippen LogP contribution >= 0.6 is 0 Å². The van der Waals surface area contributed by atoms with E-state index in [4.69, 9.17) is 9.47 Å². The van der Waals surface area contributed by atoms with Gasteiger partial charge in [-0.15, -0.1) is 0 Å². The van der Waals surface area contributed by atoms with Crippen molar-refractivity contribution in [3.63, 3.8) is 0 Å². The van der Waals surface area contributed by atoms with Crippen LogP contribution in [0.5, 0.6) is 5.75 Å². The van der Waals surface area contributed by atoms with Gasteiger partial charge in [0.25, 0.3) is 0 Å². The Morgan fingerprint density at radius 1 is 1.41 bits per heavy atom. The number of aliphatic hydroxyl groups is 1. The monoisotopic (exact) mass is 236 g/mol. The number of hydrogen-bond acceptors (Lipinski definition) is 3. The van der Waals surface area contributed by atoms with Gasteiger partial charge >= 0.3 is 0 Å². The van der Waals surface area contributed by atoms with Crippen LogP contribution in [0.25, 0.3) is 0 Å². The summed E-state index contributed by atoms with van der Waals surface area (Å²) < 4.78 is 10.9. The van der Waals surface area contributed by atoms with E-state index in [9.17, 15) is 5.11 Å². The van der Waals surface area contributed by atoms with Crippen LogP contribution < -0.4 is 4.74 Å². The van der Waals surface area contributed by atoms with Gasteiger partial charge in [0, 0.05) is 7.11 Å². The SMILES string of the molecule is COC(C)C(C)(O)c1cccc(OC2CC2)c1. The molecule has 2 unspecified atom stereocenters. The maximum absolute atomic E-state index is 10.4. The molecule has 0 spiro atoms. The molecule has 1 aromatic rings. The van der Waals surface area contributed by atoms with Gasteiger partial charge in [-0.25, -0.2) is 0 Å². The third-order valence-electron chi connectivity index (χ3n) is 3.39. The number of hydrogen-bond donors (Lipinski definition) is 1. The Morgan fingerprint density at radius 3 is 2.71 bits per heavy atom. The van der Waals surface area contributed by atoms with Crippen LogP contribution in [-0.2, 0) is 10.3 Å². The lowest BCUT2D eigenvalue weighted by atomic mass is 9.91. The van der Waals surface area contributed by atoms with Crippen molar-refractivity contribution < 1.29 is 14.6 Å². The molecule has 3 heteroatoms. The Bertz CT molecular complexity index is 383. The van der Waals surface area contributed by atoms with Gasteiger partial charge in [0.2, 0.25) is 0 Å². The molecule has 0 bridgehead atoms. The molecule has 0 radical (unpaired) electrons. The molecular formula is C14H20O3. The minimum absolute atomic E-state index is 0.265. The van der Waals surface area contributed by atoms with E-state index in [0.29, 0.717) is 6.10 Å². The van der Waals surface area contributed by atoms with Crippen molar-refractivity contribution in [2.45, 2.75) is 44.5 Å². The maximum Gasteiger partial charge on any atom is 0.120 e. The molecule has 1 saturated carbocycles. The number of benzene rings is 1. The lowest BCUT2D eigenvalue weighted by Gasteiger charge is -2.29. The molecule has 1 aromatic carbocycles. The summed E-state index contributed by atoms with van der Waals surface area (Å²) >= 11 is 0. The fourth-order valence-electron chi connectivity index (χ4n) is 1.73. The second-order valence-electron chi connectivity index (χ2n) is 4.87. The number of ether oxygens (including phenoxy) is 2. The van der Waals surface area contributed by atoms with Crippen LogP contribution in [0.1, 0.15) is 32.3 Å². The first-order chi connectivity index (χ1) is 8.04. The Labute approximate surface area is 102 Å². The summed E-state index contributed by atoms with van der Waals surface area (Å²) in [6.45, 7) is 3.62. The summed E-state index contributed by atoms with van der Waals surface area (Å²) in [5.74, 6) is 0.827. The molecule has 17 heavy (non-hydrogen) atoms. The van der Waals surface area contributed by atoms with Crippen LogP contribution in [0.15, 0.2) is 24.3 Å². The van der Waals surface area contributed by atoms with Crippen molar-refractivity contribution in [3.05, 3.63) is 29.8 Å². The molecule has 1 N–H and O–H groups in total. The van der Waals surface area contributed by atoms with Crippen molar-refractivity contribution in [2.24, 2.45) is 0 Å². The van der Waals surface area contributed by atoms with E-state index in [1.54, 1.807) is 14.0 Å². The topological polar surface area (TPSA) is 38.7 Å². The summed E-state index contributed by atoms with van der Waals surface area (Å²) in [6, 6.07) is 7.63. The lowest BCUT2D eigenvalue weighted by molar-refractivity contribution is -0.0772. The highest BCUT2D eigenvalue weighted by molar-refractivity contribution is 5.33. The number of methoxy groups -OCH3 is 1. The summed E-state index contributed by atoms with van der Waals surface area (Å²) in [7, 11) is 1.60. The second kappa shape index (κ2) is 4.67. The predicted octanol–water partition coefficient (Wildman–Crippen LogP) is 2.47. The minimum atomic E-state index is -1.00. The largest absolute Gasteiger partial charge is 0.490 e. The molecule has 94 valence electrons. The lowest BCUT2D eigenvalue weighted by Crippen LogP contribution is -2.35. The maximum atomic E-state index is 10.4. The van der Waals surface area contributed by atoms with Crippen LogP contribution in [0.4, 0.5) is 0 Å². The fourth-order valence-corrected chi connectivity index (χ4v) is 1.73. The van der Waals surface area contributed by atoms with Crippen LogP contribution in [0.2, 0.25) is 0 Å². The van der Waals surface area contributed by atoms with E-state index in [0.717, 1.165) is 24.2 Å². The first kappa shape index (κ1) is 12.4. The molecule has 1 fully saturated rings. The molecule has 0 amide bonds. The van der Waals surface area contributed by atoms with Gasteiger partial charge in [-0.1, -0.05) is 12.1 Å². The average Bonchev–Trinajstić information content (AvgIpc) is 3.12. The van der Waals surface area contributed by atoms with E-state index in [2.05, 4.69) is 0 Å². The smallest absolute Gasteiger partial charge is 0.120 e. The van der Waals surface area contributed by atoms with E-state index in [1.807, 2.05) is 31.2 Å². The van der Waals surface area contributed by atoms with Crippen molar-refractivity contribution in [2.75, 3.05) is 7.11 Å². The van der Waals surface area contributed by atoms with E-state index in [-0.39, 0.29) is 6.10 Å². The molecule has 0 heterocycles. The zero-order valence-corrected chi connectivity index (χ0v) is 10.6. The van der Waals surface area contributed by atoms with Gasteiger partial charge < -0.3 is 14.6 Å². The highest BCUT2D eigenvalue weighted by Crippen LogP contribution is 2.31. The van der Waals surface area contributed by atoms with Gasteiger partial charge in [0.1, 0.15) is 11.4 Å². The van der Waals surface area contributed by atoms with Crippen LogP contribution in [0, 0.1) is 0 Å². The Hall–Kier alpha value is -1.06. The third-order valence-corrected chi connectivity index (χ3v) is 3.39. The summed E-state index contributed by atoms with van der Waals surface area (Å²) in [5.41, 5.74) is -0.178. The van der Waals surface area contributed by atoms with Crippen molar-refractivity contribution in [3.8, 4) is 5.75 Å². The highest BCUT2D eigenvalue weighted by atomic mass is 16.5. The minimum Gasteiger partial charge on any atom is -0.490 e. The quantitative estimate of drug-likeness (QED) is 0.853. The normalized spacial score (nSPS) is 20.7. The molecule has 1 aliphatic carbocycles. The fraction of sp³-hybridized carbons (Fsp3) is 0.571. The zero-order chi connectivity index (χ0) is 12.5. The Morgan fingerprint density at radius 2 is 2.12 bits per heavy atom. The summed E-state index contributed by atoms with van der Waals surface area (Å²) in [6.07, 6.45) is 2.37. The highest BCUT2D eigenvalue weighted by Gasteiger charge is 2.31. The molecule has 3 nitrogen and oxygen atoms in total. The average molecular weight is 236 g/mol. The van der Waals surface area contributed by atoms with E-state index in [1.165, 1.54) is 0 Å². The third kappa shape index (κ3) is 2.79. The summed E-state index contributed by atoms with van der Waals surface area (Å²) in [4.78, 5) is 0. The Balaban J connectivity index is 2.18. The molecule has 1 aliphatic rings. The molecule has 2 atom stereocenters. The van der Waals surface area contributed by atoms with Gasteiger partial charge in [0.05, 0.1) is 12.2 Å². The summed E-state index contributed by atoms with van der Waals surface area (Å²) in [5, 5.41) is 10.4. The van der Waals surface area contributed by atoms with Crippen molar-refractivity contribution >= 4 is 0 Å². The zero-order valence-electron chi connectivity index (χ0n) is 10.6. The van der Waals surface area contributed by atoms with Gasteiger partial charge in [-0.3, -0.25) is 0 Å². The van der Waals surface area contributed by atoms with Gasteiger partial charge in [-0.05, 0) is 44.4 Å². The Kier molecular flexibility index (Phi) is 3.40. The van der Waals surface area contributed by atoms with Crippen LogP contribution in [-0.4, -0.2) is 24.4 Å². The molecular weight excluding hydrogens is 216 g/mol. The van der Waals surface area contributed by atoms with Gasteiger partial charge in [0.15, 0.2) is 0 Å². The first-order valence-corrected chi connectivity index (χ1v) is 6.06.